The van der Waals surface area contributed by atoms with Crippen LogP contribution in [0.5, 0.6) is 0 Å². The van der Waals surface area contributed by atoms with E-state index in [0.717, 1.165) is 25.7 Å². The zero-order valence-corrected chi connectivity index (χ0v) is 14.7. The summed E-state index contributed by atoms with van der Waals surface area (Å²) in [5, 5.41) is 16.9. The molecule has 0 aliphatic heterocycles. The van der Waals surface area contributed by atoms with Crippen molar-refractivity contribution in [1.82, 2.24) is 9.78 Å². The topological polar surface area (TPSA) is 96.7 Å². The number of hydrogen-bond acceptors (Lipinski definition) is 4. The van der Waals surface area contributed by atoms with Crippen molar-refractivity contribution in [2.45, 2.75) is 44.6 Å². The molecule has 1 heterocycles. The van der Waals surface area contributed by atoms with Crippen LogP contribution in [0.15, 0.2) is 30.5 Å². The Bertz CT molecular complexity index is 829. The Morgan fingerprint density at radius 1 is 1.42 bits per heavy atom. The van der Waals surface area contributed by atoms with Crippen molar-refractivity contribution in [2.24, 2.45) is 11.7 Å². The molecule has 1 aliphatic carbocycles. The Morgan fingerprint density at radius 2 is 2.08 bits per heavy atom. The molecule has 136 valence electrons. The first-order valence-corrected chi connectivity index (χ1v) is 8.73. The molecule has 0 radical (unpaired) electrons. The van der Waals surface area contributed by atoms with Crippen LogP contribution >= 0.6 is 0 Å². The van der Waals surface area contributed by atoms with E-state index >= 15 is 0 Å². The Hall–Kier alpha value is -2.88. The second kappa shape index (κ2) is 7.16. The van der Waals surface area contributed by atoms with Gasteiger partial charge >= 0.3 is 0 Å². The van der Waals surface area contributed by atoms with E-state index in [-0.39, 0.29) is 11.4 Å². The lowest BCUT2D eigenvalue weighted by Crippen LogP contribution is -2.37. The summed E-state index contributed by atoms with van der Waals surface area (Å²) in [5.41, 5.74) is 5.95. The van der Waals surface area contributed by atoms with Crippen LogP contribution in [0.4, 0.5) is 15.9 Å². The molecule has 1 aromatic carbocycles. The predicted octanol–water partition coefficient (Wildman–Crippen LogP) is 3.68. The lowest BCUT2D eigenvalue weighted by molar-refractivity contribution is 0.1000. The summed E-state index contributed by atoms with van der Waals surface area (Å²) in [4.78, 5) is 11.9. The minimum absolute atomic E-state index is 0.255. The molecule has 0 atom stereocenters. The minimum Gasteiger partial charge on any atom is -0.365 e. The van der Waals surface area contributed by atoms with Crippen LogP contribution in [0, 0.1) is 23.1 Å². The van der Waals surface area contributed by atoms with Crippen molar-refractivity contribution >= 4 is 17.4 Å². The maximum absolute atomic E-state index is 13.1. The van der Waals surface area contributed by atoms with Gasteiger partial charge in [-0.25, -0.2) is 4.39 Å². The molecule has 0 saturated heterocycles. The number of nitrogens with two attached hydrogens (primary N) is 1. The molecule has 0 bridgehead atoms. The highest BCUT2D eigenvalue weighted by molar-refractivity contribution is 5.98. The van der Waals surface area contributed by atoms with E-state index in [1.54, 1.807) is 23.0 Å². The standard InChI is InChI=1S/C19H22FN5O/c1-13-6-8-19(9-7-13,10-11-21)25-12-16(17(22)26)18(24-25)23-15-4-2-14(20)3-5-15/h2-5,12-13H,6-10H2,1H3,(H2,22,26)(H,23,24). The van der Waals surface area contributed by atoms with E-state index in [1.807, 2.05) is 0 Å². The molecule has 26 heavy (non-hydrogen) atoms. The molecule has 3 rings (SSSR count). The van der Waals surface area contributed by atoms with Gasteiger partial charge < -0.3 is 11.1 Å². The molecule has 3 N–H and O–H groups in total. The molecular formula is C19H22FN5O. The summed E-state index contributed by atoms with van der Waals surface area (Å²) in [5.74, 6) is -0.0116. The number of aromatic nitrogens is 2. The van der Waals surface area contributed by atoms with E-state index in [4.69, 9.17) is 5.73 Å². The number of amides is 1. The number of rotatable bonds is 5. The predicted molar refractivity (Wildman–Crippen MR) is 96.3 cm³/mol. The molecule has 1 fully saturated rings. The second-order valence-electron chi connectivity index (χ2n) is 7.07. The first kappa shape index (κ1) is 17.9. The van der Waals surface area contributed by atoms with E-state index in [1.165, 1.54) is 12.1 Å². The highest BCUT2D eigenvalue weighted by Gasteiger charge is 2.37. The molecule has 2 aromatic rings. The minimum atomic E-state index is -0.600. The summed E-state index contributed by atoms with van der Waals surface area (Å²) in [6.45, 7) is 2.20. The number of nitrogens with one attached hydrogen (secondary N) is 1. The number of nitrogens with zero attached hydrogens (tertiary/aromatic N) is 3. The van der Waals surface area contributed by atoms with Crippen LogP contribution in [0.2, 0.25) is 0 Å². The zero-order valence-electron chi connectivity index (χ0n) is 14.7. The Balaban J connectivity index is 1.96. The van der Waals surface area contributed by atoms with E-state index < -0.39 is 11.4 Å². The molecule has 1 saturated carbocycles. The fourth-order valence-electron chi connectivity index (χ4n) is 3.49. The molecule has 1 aromatic heterocycles. The molecule has 1 amide bonds. The average Bonchev–Trinajstić information content (AvgIpc) is 3.04. The maximum atomic E-state index is 13.1. The fourth-order valence-corrected chi connectivity index (χ4v) is 3.49. The maximum Gasteiger partial charge on any atom is 0.254 e. The van der Waals surface area contributed by atoms with Gasteiger partial charge in [-0.05, 0) is 55.9 Å². The number of carbonyl (C=O) groups is 1. The summed E-state index contributed by atoms with van der Waals surface area (Å²) >= 11 is 0. The van der Waals surface area contributed by atoms with Crippen LogP contribution in [0.3, 0.4) is 0 Å². The number of nitriles is 1. The first-order chi connectivity index (χ1) is 12.4. The van der Waals surface area contributed by atoms with Gasteiger partial charge in [-0.3, -0.25) is 9.48 Å². The first-order valence-electron chi connectivity index (χ1n) is 8.73. The van der Waals surface area contributed by atoms with Gasteiger partial charge in [-0.2, -0.15) is 10.4 Å². The molecule has 6 nitrogen and oxygen atoms in total. The van der Waals surface area contributed by atoms with Crippen molar-refractivity contribution in [3.8, 4) is 6.07 Å². The third kappa shape index (κ3) is 3.54. The van der Waals surface area contributed by atoms with Gasteiger partial charge in [0.15, 0.2) is 5.82 Å². The highest BCUT2D eigenvalue weighted by Crippen LogP contribution is 2.40. The average molecular weight is 355 g/mol. The van der Waals surface area contributed by atoms with Crippen LogP contribution in [0.25, 0.3) is 0 Å². The number of anilines is 2. The molecule has 7 heteroatoms. The zero-order chi connectivity index (χ0) is 18.7. The fraction of sp³-hybridized carbons (Fsp3) is 0.421. The summed E-state index contributed by atoms with van der Waals surface area (Å²) in [6, 6.07) is 8.04. The van der Waals surface area contributed by atoms with Gasteiger partial charge in [-0.15, -0.1) is 0 Å². The lowest BCUT2D eigenvalue weighted by atomic mass is 9.75. The van der Waals surface area contributed by atoms with Crippen molar-refractivity contribution in [2.75, 3.05) is 5.32 Å². The van der Waals surface area contributed by atoms with Crippen LogP contribution < -0.4 is 11.1 Å². The van der Waals surface area contributed by atoms with Crippen LogP contribution in [-0.2, 0) is 5.54 Å². The number of hydrogen-bond donors (Lipinski definition) is 2. The highest BCUT2D eigenvalue weighted by atomic mass is 19.1. The third-order valence-electron chi connectivity index (χ3n) is 5.19. The number of carbonyl (C=O) groups excluding carboxylic acids is 1. The second-order valence-corrected chi connectivity index (χ2v) is 7.07. The SMILES string of the molecule is CC1CCC(CC#N)(n2cc(C(N)=O)c(Nc3ccc(F)cc3)n2)CC1. The van der Waals surface area contributed by atoms with E-state index in [9.17, 15) is 14.4 Å². The summed E-state index contributed by atoms with van der Waals surface area (Å²) < 4.78 is 14.8. The van der Waals surface area contributed by atoms with E-state index in [0.29, 0.717) is 23.8 Å². The monoisotopic (exact) mass is 355 g/mol. The molecule has 0 spiro atoms. The summed E-state index contributed by atoms with van der Waals surface area (Å²) in [6.07, 6.45) is 5.63. The Labute approximate surface area is 151 Å². The lowest BCUT2D eigenvalue weighted by Gasteiger charge is -2.38. The van der Waals surface area contributed by atoms with E-state index in [2.05, 4.69) is 23.4 Å². The smallest absolute Gasteiger partial charge is 0.254 e. The van der Waals surface area contributed by atoms with Gasteiger partial charge in [0.05, 0.1) is 18.0 Å². The van der Waals surface area contributed by atoms with Crippen molar-refractivity contribution in [3.63, 3.8) is 0 Å². The number of benzene rings is 1. The van der Waals surface area contributed by atoms with Crippen molar-refractivity contribution in [3.05, 3.63) is 41.8 Å². The molecule has 0 unspecified atom stereocenters. The van der Waals surface area contributed by atoms with Crippen molar-refractivity contribution < 1.29 is 9.18 Å². The largest absolute Gasteiger partial charge is 0.365 e. The third-order valence-corrected chi connectivity index (χ3v) is 5.19. The van der Waals surface area contributed by atoms with Gasteiger partial charge in [0.1, 0.15) is 11.4 Å². The normalized spacial score (nSPS) is 22.6. The number of halogens is 1. The van der Waals surface area contributed by atoms with Crippen molar-refractivity contribution in [1.29, 1.82) is 5.26 Å². The Morgan fingerprint density at radius 3 is 2.65 bits per heavy atom. The van der Waals surface area contributed by atoms with Gasteiger partial charge in [0.2, 0.25) is 0 Å². The molecule has 1 aliphatic rings. The number of primary amides is 1. The van der Waals surface area contributed by atoms with Gasteiger partial charge in [-0.1, -0.05) is 6.92 Å². The van der Waals surface area contributed by atoms with Crippen LogP contribution in [-0.4, -0.2) is 15.7 Å². The quantitative estimate of drug-likeness (QED) is 0.855. The van der Waals surface area contributed by atoms with Gasteiger partial charge in [0.25, 0.3) is 5.91 Å². The van der Waals surface area contributed by atoms with Gasteiger partial charge in [0, 0.05) is 11.9 Å². The van der Waals surface area contributed by atoms with Crippen LogP contribution in [0.1, 0.15) is 49.4 Å². The summed E-state index contributed by atoms with van der Waals surface area (Å²) in [7, 11) is 0. The molecular weight excluding hydrogens is 333 g/mol. The Kier molecular flexibility index (Phi) is 4.94.